The van der Waals surface area contributed by atoms with Crippen molar-refractivity contribution in [1.82, 2.24) is 0 Å². The quantitative estimate of drug-likeness (QED) is 0.370. The molecule has 0 spiro atoms. The van der Waals surface area contributed by atoms with E-state index in [0.717, 1.165) is 0 Å². The third kappa shape index (κ3) is 9.01. The Morgan fingerprint density at radius 1 is 1.25 bits per heavy atom. The van der Waals surface area contributed by atoms with Crippen molar-refractivity contribution < 1.29 is 11.2 Å². The van der Waals surface area contributed by atoms with Gasteiger partial charge < -0.3 is 11.2 Å². The first-order valence-corrected chi connectivity index (χ1v) is 0. The Balaban J connectivity index is 0. The number of rotatable bonds is 0. The molecule has 0 aromatic rings. The Hall–Kier alpha value is 1.99. The molecule has 1 nitrogen and oxygen atoms in total. The minimum absolute atomic E-state index is 0. The van der Waals surface area contributed by atoms with Crippen LogP contribution in [0.3, 0.4) is 0 Å². The van der Waals surface area contributed by atoms with Crippen LogP contribution in [0.5, 0.6) is 0 Å². The summed E-state index contributed by atoms with van der Waals surface area (Å²) in [4.78, 5) is 0. The van der Waals surface area contributed by atoms with Gasteiger partial charge in [0.15, 0.2) is 0 Å². The van der Waals surface area contributed by atoms with Crippen LogP contribution in [0.4, 0.5) is 0 Å². The average Bonchev–Trinajstić information content (AvgIpc) is 0. The molecule has 0 aliphatic carbocycles. The van der Waals surface area contributed by atoms with Gasteiger partial charge in [-0.3, -0.25) is 0 Å². The summed E-state index contributed by atoms with van der Waals surface area (Å²) in [5, 5.41) is 0. The van der Waals surface area contributed by atoms with Crippen LogP contribution in [-0.2, 0) is 0 Å². The van der Waals surface area contributed by atoms with Gasteiger partial charge in [-0.15, -0.1) is 0 Å². The maximum absolute atomic E-state index is 0. The zero-order chi connectivity index (χ0) is 0. The fourth-order valence-corrected chi connectivity index (χ4v) is 0. The summed E-state index contributed by atoms with van der Waals surface area (Å²) in [6.45, 7) is 0. The number of hydrogen-bond donors (Lipinski definition) is 0. The molecule has 0 rings (SSSR count). The van der Waals surface area contributed by atoms with Gasteiger partial charge in [-0.2, -0.15) is 0 Å². The predicted octanol–water partition coefficient (Wildman–Crippen LogP) is -0.500. The average molecular weight is 102 g/mol. The molecule has 0 aliphatic rings. The van der Waals surface area contributed by atoms with Gasteiger partial charge in [0.25, 0.3) is 0 Å². The zero-order valence-electron chi connectivity index (χ0n) is 5.91. The molecule has 0 aromatic heterocycles. The summed E-state index contributed by atoms with van der Waals surface area (Å²) >= 11 is 0. The van der Waals surface area contributed by atoms with Gasteiger partial charge in [-0.25, -0.2) is 0 Å². The summed E-state index contributed by atoms with van der Waals surface area (Å²) in [5.74, 6) is 0. The fraction of sp³-hybridized carbons (Fsp3) is 1.00. The van der Waals surface area contributed by atoms with Crippen molar-refractivity contribution in [2.45, 2.75) is 7.43 Å². The van der Waals surface area contributed by atoms with E-state index in [1.165, 1.54) is 0 Å². The van der Waals surface area contributed by atoms with E-state index < -0.39 is 0 Å². The van der Waals surface area contributed by atoms with Crippen molar-refractivity contribution >= 4 is 60.8 Å². The van der Waals surface area contributed by atoms with E-state index in [1.807, 2.05) is 0 Å². The van der Waals surface area contributed by atoms with Crippen molar-refractivity contribution in [3.8, 4) is 0 Å². The summed E-state index contributed by atoms with van der Waals surface area (Å²) in [6, 6.07) is 0. The zero-order valence-corrected chi connectivity index (χ0v) is 5.54. The molecular formula is CH10CaMgO. The fourth-order valence-electron chi connectivity index (χ4n) is 0. The van der Waals surface area contributed by atoms with Crippen LogP contribution in [-0.4, -0.2) is 66.3 Å². The van der Waals surface area contributed by atoms with Gasteiger partial charge in [-0.1, -0.05) is 7.43 Å². The molecule has 0 unspecified atom stereocenters. The summed E-state index contributed by atoms with van der Waals surface area (Å²) < 4.78 is 0. The molecule has 0 aromatic carbocycles. The molecule has 0 fully saturated rings. The van der Waals surface area contributed by atoms with Crippen molar-refractivity contribution in [2.24, 2.45) is 0 Å². The molecule has 0 atom stereocenters. The molecule has 4 heavy (non-hydrogen) atoms. The summed E-state index contributed by atoms with van der Waals surface area (Å²) in [5.41, 5.74) is 0. The van der Waals surface area contributed by atoms with Gasteiger partial charge in [0, 0.05) is 0 Å². The Morgan fingerprint density at radius 2 is 1.25 bits per heavy atom. The first-order chi connectivity index (χ1) is 0. The molecule has 0 radical (unpaired) electrons. The largest absolute Gasteiger partial charge is 2.00 e. The topological polar surface area (TPSA) is 31.5 Å². The second-order valence-corrected chi connectivity index (χ2v) is 0. The van der Waals surface area contributed by atoms with Gasteiger partial charge in [0.05, 0.1) is 0 Å². The Morgan fingerprint density at radius 3 is 1.25 bits per heavy atom. The van der Waals surface area contributed by atoms with Crippen LogP contribution in [0.25, 0.3) is 0 Å². The third-order valence-corrected chi connectivity index (χ3v) is 0. The molecule has 0 saturated carbocycles. The number of hydrogen-bond acceptors (Lipinski definition) is 0. The smallest absolute Gasteiger partial charge is 1.00 e. The third-order valence-electron chi connectivity index (χ3n) is 0. The van der Waals surface area contributed by atoms with Crippen LogP contribution < -0.4 is 0 Å². The Labute approximate surface area is 78.5 Å². The monoisotopic (exact) mass is 102 g/mol. The van der Waals surface area contributed by atoms with E-state index in [2.05, 4.69) is 0 Å². The Bertz CT molecular complexity index is 16.0. The first kappa shape index (κ1) is 37.7. The minimum Gasteiger partial charge on any atom is -1.00 e. The van der Waals surface area contributed by atoms with Crippen molar-refractivity contribution in [3.63, 3.8) is 0 Å². The van der Waals surface area contributed by atoms with Crippen LogP contribution in [0, 0.1) is 0 Å². The molecule has 0 bridgehead atoms. The molecule has 0 heterocycles. The van der Waals surface area contributed by atoms with E-state index in [9.17, 15) is 0 Å². The first-order valence-electron chi connectivity index (χ1n) is 0. The van der Waals surface area contributed by atoms with E-state index >= 15 is 0 Å². The van der Waals surface area contributed by atoms with Crippen molar-refractivity contribution in [3.05, 3.63) is 0 Å². The van der Waals surface area contributed by atoms with E-state index in [0.29, 0.717) is 0 Å². The second-order valence-electron chi connectivity index (χ2n) is 0. The molecule has 3 heteroatoms. The normalized spacial score (nSPS) is 0. The SMILES string of the molecule is C.O.[Ca+2].[H-].[H-].[H-].[H-].[Mg+2]. The van der Waals surface area contributed by atoms with E-state index in [1.54, 1.807) is 0 Å². The van der Waals surface area contributed by atoms with Crippen LogP contribution in [0.1, 0.15) is 13.1 Å². The maximum Gasteiger partial charge on any atom is 2.00 e. The van der Waals surface area contributed by atoms with E-state index in [-0.39, 0.29) is 79.4 Å². The Kier molecular flexibility index (Phi) is 189. The van der Waals surface area contributed by atoms with Gasteiger partial charge in [0.1, 0.15) is 0 Å². The molecule has 0 amide bonds. The van der Waals surface area contributed by atoms with Gasteiger partial charge in [0.2, 0.25) is 0 Å². The molecular weight excluding hydrogens is 92.4 g/mol. The van der Waals surface area contributed by atoms with Crippen LogP contribution in [0.15, 0.2) is 0 Å². The summed E-state index contributed by atoms with van der Waals surface area (Å²) in [7, 11) is 0. The van der Waals surface area contributed by atoms with E-state index in [4.69, 9.17) is 0 Å². The molecule has 2 N–H and O–H groups in total. The standard InChI is InChI=1S/CH4.Ca.Mg.H2O.4H/h1H4;;;1H2;;;;/q;2*+2;;4*-1. The van der Waals surface area contributed by atoms with Crippen molar-refractivity contribution in [1.29, 1.82) is 0 Å². The van der Waals surface area contributed by atoms with Crippen LogP contribution in [0.2, 0.25) is 0 Å². The predicted molar refractivity (Wildman–Crippen MR) is 26.3 cm³/mol. The van der Waals surface area contributed by atoms with Gasteiger partial charge in [-0.05, 0) is 0 Å². The molecule has 0 saturated heterocycles. The molecule has 0 aliphatic heterocycles. The minimum atomic E-state index is 0. The summed E-state index contributed by atoms with van der Waals surface area (Å²) in [6.07, 6.45) is 0. The second kappa shape index (κ2) is 20.1. The van der Waals surface area contributed by atoms with Gasteiger partial charge >= 0.3 is 60.8 Å². The molecule has 24 valence electrons. The van der Waals surface area contributed by atoms with Crippen molar-refractivity contribution in [2.75, 3.05) is 0 Å². The van der Waals surface area contributed by atoms with Crippen LogP contribution >= 0.6 is 0 Å². The maximum atomic E-state index is 0.